The highest BCUT2D eigenvalue weighted by Gasteiger charge is 2.38. The van der Waals surface area contributed by atoms with Gasteiger partial charge in [0.05, 0.1) is 5.69 Å². The molecule has 1 amide bonds. The monoisotopic (exact) mass is 432 g/mol. The van der Waals surface area contributed by atoms with E-state index < -0.39 is 18.3 Å². The number of carboxylic acids is 1. The average Bonchev–Trinajstić information content (AvgIpc) is 3.11. The molecule has 4 rings (SSSR count). The van der Waals surface area contributed by atoms with Crippen molar-refractivity contribution in [3.63, 3.8) is 0 Å². The molecule has 3 heterocycles. The fourth-order valence-electron chi connectivity index (χ4n) is 3.94. The van der Waals surface area contributed by atoms with E-state index in [2.05, 4.69) is 14.9 Å². The minimum absolute atomic E-state index is 0.102. The summed E-state index contributed by atoms with van der Waals surface area (Å²) < 4.78 is 44.8. The van der Waals surface area contributed by atoms with Gasteiger partial charge >= 0.3 is 12.1 Å². The van der Waals surface area contributed by atoms with Crippen LogP contribution in [0.2, 0.25) is 0 Å². The quantitative estimate of drug-likeness (QED) is 0.723. The lowest BCUT2D eigenvalue weighted by Gasteiger charge is -2.33. The Morgan fingerprint density at radius 3 is 2.20 bits per heavy atom. The van der Waals surface area contributed by atoms with Gasteiger partial charge in [-0.1, -0.05) is 0 Å². The van der Waals surface area contributed by atoms with E-state index in [0.29, 0.717) is 25.9 Å². The largest absolute Gasteiger partial charge is 0.490 e. The van der Waals surface area contributed by atoms with Gasteiger partial charge in [-0.05, 0) is 32.1 Å². The summed E-state index contributed by atoms with van der Waals surface area (Å²) in [6.45, 7) is 3.52. The Hall–Kier alpha value is -2.46. The van der Waals surface area contributed by atoms with Crippen LogP contribution >= 0.6 is 0 Å². The van der Waals surface area contributed by atoms with Crippen molar-refractivity contribution in [1.29, 1.82) is 0 Å². The number of amides is 1. The molecular formula is C19H24F4N4O3. The second kappa shape index (κ2) is 9.13. The van der Waals surface area contributed by atoms with E-state index in [1.807, 2.05) is 4.90 Å². The number of carboxylic acid groups (broad SMARTS) is 1. The average molecular weight is 432 g/mol. The van der Waals surface area contributed by atoms with Crippen molar-refractivity contribution >= 4 is 17.7 Å². The van der Waals surface area contributed by atoms with Crippen LogP contribution < -0.4 is 4.90 Å². The number of alkyl halides is 4. The van der Waals surface area contributed by atoms with Gasteiger partial charge in [-0.3, -0.25) is 4.79 Å². The first-order valence-electron chi connectivity index (χ1n) is 9.97. The number of hydrogen-bond donors (Lipinski definition) is 1. The molecule has 166 valence electrons. The zero-order valence-electron chi connectivity index (χ0n) is 16.4. The number of nitrogens with zero attached hydrogens (tertiary/aromatic N) is 4. The molecule has 0 unspecified atom stereocenters. The SMILES string of the molecule is O=C(C1CC(F)C1)N1CCc2ncnc(N3CCCC3)c2CC1.O=C(O)C(F)(F)F. The number of fused-ring (bicyclic) bond motifs is 1. The molecule has 0 atom stereocenters. The second-order valence-electron chi connectivity index (χ2n) is 7.71. The Bertz CT molecular complexity index is 778. The van der Waals surface area contributed by atoms with Crippen LogP contribution in [0.1, 0.15) is 36.9 Å². The minimum atomic E-state index is -5.08. The molecule has 2 aliphatic heterocycles. The molecule has 1 saturated carbocycles. The van der Waals surface area contributed by atoms with E-state index >= 15 is 0 Å². The molecule has 1 N–H and O–H groups in total. The molecule has 0 aromatic carbocycles. The molecule has 11 heteroatoms. The fraction of sp³-hybridized carbons (Fsp3) is 0.684. The summed E-state index contributed by atoms with van der Waals surface area (Å²) in [5.74, 6) is -1.67. The van der Waals surface area contributed by atoms with Crippen molar-refractivity contribution in [3.05, 3.63) is 17.6 Å². The van der Waals surface area contributed by atoms with Gasteiger partial charge in [0.25, 0.3) is 0 Å². The number of halogens is 4. The van der Waals surface area contributed by atoms with Crippen LogP contribution in [0.5, 0.6) is 0 Å². The molecule has 0 bridgehead atoms. The topological polar surface area (TPSA) is 86.6 Å². The lowest BCUT2D eigenvalue weighted by atomic mass is 9.82. The number of hydrogen-bond acceptors (Lipinski definition) is 5. The van der Waals surface area contributed by atoms with Crippen LogP contribution in [0, 0.1) is 5.92 Å². The van der Waals surface area contributed by atoms with E-state index in [1.165, 1.54) is 18.4 Å². The Morgan fingerprint density at radius 2 is 1.63 bits per heavy atom. The molecule has 1 saturated heterocycles. The highest BCUT2D eigenvalue weighted by Crippen LogP contribution is 2.33. The maximum atomic E-state index is 13.0. The highest BCUT2D eigenvalue weighted by molar-refractivity contribution is 5.80. The van der Waals surface area contributed by atoms with E-state index in [1.54, 1.807) is 6.33 Å². The third-order valence-electron chi connectivity index (χ3n) is 5.65. The van der Waals surface area contributed by atoms with Gasteiger partial charge in [0.1, 0.15) is 18.3 Å². The fourth-order valence-corrected chi connectivity index (χ4v) is 3.94. The molecule has 1 aliphatic carbocycles. The molecule has 0 spiro atoms. The summed E-state index contributed by atoms with van der Waals surface area (Å²) in [4.78, 5) is 34.6. The van der Waals surface area contributed by atoms with Gasteiger partial charge in [-0.2, -0.15) is 13.2 Å². The molecule has 30 heavy (non-hydrogen) atoms. The highest BCUT2D eigenvalue weighted by atomic mass is 19.4. The Labute approximate surface area is 171 Å². The molecule has 2 fully saturated rings. The first-order chi connectivity index (χ1) is 14.2. The van der Waals surface area contributed by atoms with E-state index in [4.69, 9.17) is 9.90 Å². The molecule has 3 aliphatic rings. The van der Waals surface area contributed by atoms with Crippen molar-refractivity contribution in [3.8, 4) is 0 Å². The third kappa shape index (κ3) is 5.17. The van der Waals surface area contributed by atoms with Crippen LogP contribution in [-0.2, 0) is 22.4 Å². The number of aromatic nitrogens is 2. The smallest absolute Gasteiger partial charge is 0.475 e. The van der Waals surface area contributed by atoms with Crippen LogP contribution in [0.3, 0.4) is 0 Å². The molecule has 1 aromatic heterocycles. The third-order valence-corrected chi connectivity index (χ3v) is 5.65. The lowest BCUT2D eigenvalue weighted by molar-refractivity contribution is -0.192. The summed E-state index contributed by atoms with van der Waals surface area (Å²) in [5, 5.41) is 7.12. The lowest BCUT2D eigenvalue weighted by Crippen LogP contribution is -2.43. The Kier molecular flexibility index (Phi) is 6.77. The van der Waals surface area contributed by atoms with E-state index in [-0.39, 0.29) is 11.8 Å². The zero-order valence-corrected chi connectivity index (χ0v) is 16.4. The summed E-state index contributed by atoms with van der Waals surface area (Å²) in [7, 11) is 0. The van der Waals surface area contributed by atoms with Gasteiger partial charge in [-0.25, -0.2) is 19.2 Å². The minimum Gasteiger partial charge on any atom is -0.475 e. The first kappa shape index (κ1) is 22.2. The van der Waals surface area contributed by atoms with Gasteiger partial charge < -0.3 is 14.9 Å². The van der Waals surface area contributed by atoms with Crippen LogP contribution in [-0.4, -0.2) is 70.4 Å². The predicted molar refractivity (Wildman–Crippen MR) is 98.8 cm³/mol. The van der Waals surface area contributed by atoms with Gasteiger partial charge in [0.2, 0.25) is 5.91 Å². The first-order valence-corrected chi connectivity index (χ1v) is 9.97. The van der Waals surface area contributed by atoms with Gasteiger partial charge in [-0.15, -0.1) is 0 Å². The number of carbonyl (C=O) groups is 2. The number of carbonyl (C=O) groups excluding carboxylic acids is 1. The van der Waals surface area contributed by atoms with E-state index in [9.17, 15) is 22.4 Å². The summed E-state index contributed by atoms with van der Waals surface area (Å²) in [5.41, 5.74) is 2.29. The van der Waals surface area contributed by atoms with Crippen molar-refractivity contribution in [2.24, 2.45) is 5.92 Å². The van der Waals surface area contributed by atoms with Crippen molar-refractivity contribution < 1.29 is 32.3 Å². The maximum Gasteiger partial charge on any atom is 0.490 e. The normalized spacial score (nSPS) is 23.6. The number of rotatable bonds is 2. The van der Waals surface area contributed by atoms with Crippen molar-refractivity contribution in [2.75, 3.05) is 31.1 Å². The standard InChI is InChI=1S/C17H23FN4O.C2HF3O2/c18-13-9-12(10-13)17(23)22-7-3-14-15(4-8-22)19-11-20-16(14)21-5-1-2-6-21;3-2(4,5)1(6)7/h11-13H,1-10H2;(H,6,7). The van der Waals surface area contributed by atoms with Crippen LogP contribution in [0.25, 0.3) is 0 Å². The Balaban J connectivity index is 0.000000318. The number of aliphatic carboxylic acids is 1. The molecule has 1 aromatic rings. The van der Waals surface area contributed by atoms with Crippen molar-refractivity contribution in [1.82, 2.24) is 14.9 Å². The molecular weight excluding hydrogens is 408 g/mol. The molecule has 0 radical (unpaired) electrons. The Morgan fingerprint density at radius 1 is 1.03 bits per heavy atom. The van der Waals surface area contributed by atoms with Crippen LogP contribution in [0.15, 0.2) is 6.33 Å². The van der Waals surface area contributed by atoms with Gasteiger partial charge in [0, 0.05) is 44.1 Å². The van der Waals surface area contributed by atoms with Crippen molar-refractivity contribution in [2.45, 2.75) is 50.9 Å². The zero-order chi connectivity index (χ0) is 21.9. The predicted octanol–water partition coefficient (Wildman–Crippen LogP) is 2.39. The second-order valence-corrected chi connectivity index (χ2v) is 7.71. The van der Waals surface area contributed by atoms with Crippen LogP contribution in [0.4, 0.5) is 23.4 Å². The summed E-state index contributed by atoms with van der Waals surface area (Å²) in [6.07, 6.45) is 0.618. The molecule has 7 nitrogen and oxygen atoms in total. The van der Waals surface area contributed by atoms with E-state index in [0.717, 1.165) is 37.4 Å². The van der Waals surface area contributed by atoms with Gasteiger partial charge in [0.15, 0.2) is 0 Å². The number of anilines is 1. The maximum absolute atomic E-state index is 13.0. The summed E-state index contributed by atoms with van der Waals surface area (Å²) >= 11 is 0. The summed E-state index contributed by atoms with van der Waals surface area (Å²) in [6, 6.07) is 0.